The highest BCUT2D eigenvalue weighted by molar-refractivity contribution is 9.10. The van der Waals surface area contributed by atoms with Gasteiger partial charge >= 0.3 is 5.97 Å². The van der Waals surface area contributed by atoms with Crippen molar-refractivity contribution < 1.29 is 9.90 Å². The predicted octanol–water partition coefficient (Wildman–Crippen LogP) is 2.84. The molecule has 0 radical (unpaired) electrons. The van der Waals surface area contributed by atoms with E-state index in [1.807, 2.05) is 13.0 Å². The number of nitrogens with zero attached hydrogens (tertiary/aromatic N) is 1. The maximum atomic E-state index is 10.8. The average Bonchev–Trinajstić information content (AvgIpc) is 2.29. The van der Waals surface area contributed by atoms with Crippen molar-refractivity contribution in [2.45, 2.75) is 13.3 Å². The van der Waals surface area contributed by atoms with Gasteiger partial charge in [-0.05, 0) is 40.5 Å². The van der Waals surface area contributed by atoms with Crippen molar-refractivity contribution in [3.63, 3.8) is 0 Å². The summed E-state index contributed by atoms with van der Waals surface area (Å²) in [6.45, 7) is 2.22. The van der Waals surface area contributed by atoms with Gasteiger partial charge in [0.2, 0.25) is 0 Å². The number of benzene rings is 1. The lowest BCUT2D eigenvalue weighted by atomic mass is 10.1. The number of carboxylic acid groups (broad SMARTS) is 1. The summed E-state index contributed by atoms with van der Waals surface area (Å²) in [7, 11) is 0. The number of carbonyl (C=O) groups is 1. The van der Waals surface area contributed by atoms with Gasteiger partial charge in [-0.3, -0.25) is 4.79 Å². The van der Waals surface area contributed by atoms with Gasteiger partial charge in [0.1, 0.15) is 6.07 Å². The number of halogens is 1. The van der Waals surface area contributed by atoms with Crippen LogP contribution in [0.5, 0.6) is 0 Å². The van der Waals surface area contributed by atoms with Gasteiger partial charge in [0.25, 0.3) is 0 Å². The Labute approximate surface area is 108 Å². The third-order valence-electron chi connectivity index (χ3n) is 2.48. The third-order valence-corrected chi connectivity index (χ3v) is 3.14. The summed E-state index contributed by atoms with van der Waals surface area (Å²) in [6, 6.07) is 7.27. The molecule has 0 aromatic heterocycles. The molecule has 1 atom stereocenters. The Bertz CT molecular complexity index is 454. The zero-order chi connectivity index (χ0) is 12.8. The Morgan fingerprint density at radius 3 is 2.82 bits per heavy atom. The molecule has 1 aromatic carbocycles. The molecule has 0 amide bonds. The fourth-order valence-corrected chi connectivity index (χ4v) is 1.83. The molecule has 0 bridgehead atoms. The first-order chi connectivity index (χ1) is 8.08. The summed E-state index contributed by atoms with van der Waals surface area (Å²) in [5.41, 5.74) is 1.36. The van der Waals surface area contributed by atoms with Crippen molar-refractivity contribution in [1.82, 2.24) is 0 Å². The Morgan fingerprint density at radius 2 is 2.35 bits per heavy atom. The van der Waals surface area contributed by atoms with Crippen LogP contribution in [-0.4, -0.2) is 17.6 Å². The van der Waals surface area contributed by atoms with E-state index in [9.17, 15) is 4.79 Å². The van der Waals surface area contributed by atoms with E-state index in [1.54, 1.807) is 18.2 Å². The lowest BCUT2D eigenvalue weighted by Gasteiger charge is -2.12. The molecule has 90 valence electrons. The van der Waals surface area contributed by atoms with Crippen molar-refractivity contribution in [3.05, 3.63) is 28.2 Å². The quantitative estimate of drug-likeness (QED) is 0.876. The third kappa shape index (κ3) is 3.75. The van der Waals surface area contributed by atoms with Crippen LogP contribution in [-0.2, 0) is 4.79 Å². The number of nitriles is 1. The first kappa shape index (κ1) is 13.5. The highest BCUT2D eigenvalue weighted by Crippen LogP contribution is 2.21. The summed E-state index contributed by atoms with van der Waals surface area (Å²) in [5.74, 6) is -1.20. The molecule has 0 fully saturated rings. The fraction of sp³-hybridized carbons (Fsp3) is 0.333. The lowest BCUT2D eigenvalue weighted by Crippen LogP contribution is -2.22. The smallest absolute Gasteiger partial charge is 0.308 e. The molecule has 5 heteroatoms. The molecule has 17 heavy (non-hydrogen) atoms. The average molecular weight is 297 g/mol. The maximum Gasteiger partial charge on any atom is 0.308 e. The number of nitrogens with one attached hydrogen (secondary N) is 1. The Balaban J connectivity index is 2.67. The van der Waals surface area contributed by atoms with Crippen LogP contribution in [0.4, 0.5) is 5.69 Å². The van der Waals surface area contributed by atoms with Gasteiger partial charge < -0.3 is 10.4 Å². The minimum Gasteiger partial charge on any atom is -0.481 e. The standard InChI is InChI=1S/C12H13BrN2O2/c1-2-8(12(16)17)7-15-10-4-3-9(6-14)11(13)5-10/h3-5,8,15H,2,7H2,1H3,(H,16,17). The van der Waals surface area contributed by atoms with E-state index in [4.69, 9.17) is 10.4 Å². The summed E-state index contributed by atoms with van der Waals surface area (Å²) in [4.78, 5) is 10.8. The van der Waals surface area contributed by atoms with E-state index in [-0.39, 0.29) is 0 Å². The fourth-order valence-electron chi connectivity index (χ4n) is 1.36. The van der Waals surface area contributed by atoms with Crippen LogP contribution < -0.4 is 5.32 Å². The maximum absolute atomic E-state index is 10.8. The van der Waals surface area contributed by atoms with Gasteiger partial charge in [0.05, 0.1) is 11.5 Å². The molecule has 0 spiro atoms. The van der Waals surface area contributed by atoms with E-state index >= 15 is 0 Å². The second-order valence-corrected chi connectivity index (χ2v) is 4.49. The summed E-state index contributed by atoms with van der Waals surface area (Å²) in [6.07, 6.45) is 0.583. The minimum absolute atomic E-state index is 0.379. The van der Waals surface area contributed by atoms with Gasteiger partial charge in [-0.15, -0.1) is 0 Å². The van der Waals surface area contributed by atoms with Gasteiger partial charge in [0, 0.05) is 16.7 Å². The number of hydrogen-bond donors (Lipinski definition) is 2. The number of rotatable bonds is 5. The zero-order valence-corrected chi connectivity index (χ0v) is 11.0. The molecule has 0 aliphatic carbocycles. The van der Waals surface area contributed by atoms with E-state index in [1.165, 1.54) is 0 Å². The molecule has 1 unspecified atom stereocenters. The SMILES string of the molecule is CCC(CNc1ccc(C#N)c(Br)c1)C(=O)O. The zero-order valence-electron chi connectivity index (χ0n) is 9.40. The van der Waals surface area contributed by atoms with Crippen LogP contribution in [0.25, 0.3) is 0 Å². The van der Waals surface area contributed by atoms with Crippen LogP contribution >= 0.6 is 15.9 Å². The summed E-state index contributed by atoms with van der Waals surface area (Å²) in [5, 5.41) is 20.7. The molecule has 0 heterocycles. The van der Waals surface area contributed by atoms with Crippen LogP contribution in [0.3, 0.4) is 0 Å². The van der Waals surface area contributed by atoms with E-state index in [0.717, 1.165) is 5.69 Å². The molecule has 0 aliphatic heterocycles. The van der Waals surface area contributed by atoms with E-state index in [2.05, 4.69) is 21.2 Å². The number of anilines is 1. The van der Waals surface area contributed by atoms with E-state index in [0.29, 0.717) is 23.0 Å². The van der Waals surface area contributed by atoms with Crippen LogP contribution in [0.1, 0.15) is 18.9 Å². The summed E-state index contributed by atoms with van der Waals surface area (Å²) >= 11 is 3.28. The summed E-state index contributed by atoms with van der Waals surface area (Å²) < 4.78 is 0.702. The topological polar surface area (TPSA) is 73.1 Å². The van der Waals surface area contributed by atoms with Gasteiger partial charge in [-0.2, -0.15) is 5.26 Å². The molecule has 1 rings (SSSR count). The minimum atomic E-state index is -0.798. The van der Waals surface area contributed by atoms with Gasteiger partial charge in [-0.1, -0.05) is 6.92 Å². The highest BCUT2D eigenvalue weighted by atomic mass is 79.9. The Hall–Kier alpha value is -1.54. The molecule has 0 saturated heterocycles. The largest absolute Gasteiger partial charge is 0.481 e. The molecule has 4 nitrogen and oxygen atoms in total. The monoisotopic (exact) mass is 296 g/mol. The highest BCUT2D eigenvalue weighted by Gasteiger charge is 2.14. The Kier molecular flexibility index (Phi) is 4.98. The second kappa shape index (κ2) is 6.26. The van der Waals surface area contributed by atoms with Crippen molar-refractivity contribution >= 4 is 27.6 Å². The van der Waals surface area contributed by atoms with Crippen molar-refractivity contribution in [1.29, 1.82) is 5.26 Å². The van der Waals surface area contributed by atoms with Crippen molar-refractivity contribution in [2.24, 2.45) is 5.92 Å². The lowest BCUT2D eigenvalue weighted by molar-refractivity contribution is -0.141. The number of aliphatic carboxylic acids is 1. The normalized spacial score (nSPS) is 11.6. The van der Waals surface area contributed by atoms with Gasteiger partial charge in [0.15, 0.2) is 0 Å². The van der Waals surface area contributed by atoms with Crippen molar-refractivity contribution in [2.75, 3.05) is 11.9 Å². The Morgan fingerprint density at radius 1 is 1.65 bits per heavy atom. The van der Waals surface area contributed by atoms with Crippen LogP contribution in [0.15, 0.2) is 22.7 Å². The predicted molar refractivity (Wildman–Crippen MR) is 68.8 cm³/mol. The molecular formula is C12H13BrN2O2. The first-order valence-electron chi connectivity index (χ1n) is 5.24. The number of hydrogen-bond acceptors (Lipinski definition) is 3. The van der Waals surface area contributed by atoms with Crippen LogP contribution in [0, 0.1) is 17.2 Å². The van der Waals surface area contributed by atoms with Crippen molar-refractivity contribution in [3.8, 4) is 6.07 Å². The van der Waals surface area contributed by atoms with Crippen LogP contribution in [0.2, 0.25) is 0 Å². The molecular weight excluding hydrogens is 284 g/mol. The van der Waals surface area contributed by atoms with Gasteiger partial charge in [-0.25, -0.2) is 0 Å². The first-order valence-corrected chi connectivity index (χ1v) is 6.04. The molecule has 0 saturated carbocycles. The molecule has 1 aromatic rings. The number of carboxylic acids is 1. The second-order valence-electron chi connectivity index (χ2n) is 3.63. The molecule has 2 N–H and O–H groups in total. The van der Waals surface area contributed by atoms with E-state index < -0.39 is 11.9 Å². The molecule has 0 aliphatic rings.